The number of rotatable bonds is 3. The van der Waals surface area contributed by atoms with Gasteiger partial charge in [-0.25, -0.2) is 4.79 Å². The highest BCUT2D eigenvalue weighted by Crippen LogP contribution is 2.20. The number of carbonyl (C=O) groups is 2. The fourth-order valence-electron chi connectivity index (χ4n) is 2.55. The summed E-state index contributed by atoms with van der Waals surface area (Å²) in [5, 5.41) is 10.4. The Morgan fingerprint density at radius 3 is 2.90 bits per heavy atom. The van der Waals surface area contributed by atoms with Gasteiger partial charge in [0.05, 0.1) is 5.56 Å². The quantitative estimate of drug-likeness (QED) is 0.868. The molecule has 0 aromatic carbocycles. The topological polar surface area (TPSA) is 60.9 Å². The zero-order valence-corrected chi connectivity index (χ0v) is 13.1. The number of likely N-dealkylation sites (N-methyl/N-ethyl adjacent to an activating group) is 1. The normalized spacial score (nSPS) is 20.7. The minimum Gasteiger partial charge on any atom is -0.478 e. The van der Waals surface area contributed by atoms with Crippen LogP contribution in [0.15, 0.2) is 17.5 Å². The van der Waals surface area contributed by atoms with Crippen LogP contribution in [-0.2, 0) is 4.79 Å². The number of hydrogen-bond donors (Lipinski definition) is 1. The van der Waals surface area contributed by atoms with E-state index >= 15 is 0 Å². The molecule has 0 spiro atoms. The van der Waals surface area contributed by atoms with E-state index in [2.05, 4.69) is 18.9 Å². The zero-order valence-electron chi connectivity index (χ0n) is 12.3. The van der Waals surface area contributed by atoms with E-state index in [0.29, 0.717) is 5.56 Å². The number of carboxylic acid groups (broad SMARTS) is 1. The predicted molar refractivity (Wildman–Crippen MR) is 83.6 cm³/mol. The molecule has 0 saturated carbocycles. The molecule has 1 saturated heterocycles. The van der Waals surface area contributed by atoms with Crippen LogP contribution >= 0.6 is 11.3 Å². The first-order valence-electron chi connectivity index (χ1n) is 6.96. The van der Waals surface area contributed by atoms with Gasteiger partial charge in [-0.3, -0.25) is 4.79 Å². The van der Waals surface area contributed by atoms with Crippen molar-refractivity contribution in [1.29, 1.82) is 0 Å². The Bertz CT molecular complexity index is 553. The summed E-state index contributed by atoms with van der Waals surface area (Å²) in [5.74, 6) is -0.954. The Morgan fingerprint density at radius 1 is 1.43 bits per heavy atom. The predicted octanol–water partition coefficient (Wildman–Crippen LogP) is 2.01. The molecule has 1 aliphatic rings. The highest BCUT2D eigenvalue weighted by atomic mass is 32.1. The van der Waals surface area contributed by atoms with Crippen LogP contribution < -0.4 is 0 Å². The first kappa shape index (κ1) is 15.7. The van der Waals surface area contributed by atoms with E-state index < -0.39 is 5.97 Å². The molecule has 1 atom stereocenters. The molecule has 1 aliphatic heterocycles. The molecule has 1 aromatic rings. The van der Waals surface area contributed by atoms with Gasteiger partial charge in [0, 0.05) is 35.5 Å². The molecule has 21 heavy (non-hydrogen) atoms. The summed E-state index contributed by atoms with van der Waals surface area (Å²) in [6, 6.07) is 1.94. The van der Waals surface area contributed by atoms with Gasteiger partial charge in [0.1, 0.15) is 0 Å². The summed E-state index contributed by atoms with van der Waals surface area (Å²) in [4.78, 5) is 28.0. The van der Waals surface area contributed by atoms with Gasteiger partial charge in [-0.1, -0.05) is 0 Å². The van der Waals surface area contributed by atoms with Crippen molar-refractivity contribution in [3.8, 4) is 0 Å². The van der Waals surface area contributed by atoms with Gasteiger partial charge in [0.2, 0.25) is 0 Å². The van der Waals surface area contributed by atoms with Gasteiger partial charge in [-0.05, 0) is 39.1 Å². The van der Waals surface area contributed by atoms with Crippen molar-refractivity contribution in [1.82, 2.24) is 9.80 Å². The SMILES string of the molecule is CC1CN(C)CCCN1C(=O)c1csc(/C=C/C(=O)O)c1. The molecule has 1 N–H and O–H groups in total. The summed E-state index contributed by atoms with van der Waals surface area (Å²) >= 11 is 1.38. The van der Waals surface area contributed by atoms with Crippen LogP contribution in [0, 0.1) is 0 Å². The minimum atomic E-state index is -0.986. The number of nitrogens with zero attached hydrogens (tertiary/aromatic N) is 2. The molecule has 6 heteroatoms. The second kappa shape index (κ2) is 6.87. The first-order chi connectivity index (χ1) is 9.97. The summed E-state index contributed by atoms with van der Waals surface area (Å²) < 4.78 is 0. The lowest BCUT2D eigenvalue weighted by Gasteiger charge is -2.27. The number of carbonyl (C=O) groups excluding carboxylic acids is 1. The standard InChI is InChI=1S/C15H20N2O3S/c1-11-9-16(2)6-3-7-17(11)15(20)12-8-13(21-10-12)4-5-14(18)19/h4-5,8,10-11H,3,6-7,9H2,1-2H3,(H,18,19)/b5-4+. The Hall–Kier alpha value is -1.66. The maximum absolute atomic E-state index is 12.6. The van der Waals surface area contributed by atoms with Gasteiger partial charge >= 0.3 is 5.97 Å². The van der Waals surface area contributed by atoms with Crippen LogP contribution in [0.1, 0.15) is 28.6 Å². The number of aliphatic carboxylic acids is 1. The number of thiophene rings is 1. The fourth-order valence-corrected chi connectivity index (χ4v) is 3.32. The van der Waals surface area contributed by atoms with E-state index in [1.807, 2.05) is 4.90 Å². The van der Waals surface area contributed by atoms with E-state index in [0.717, 1.165) is 37.0 Å². The van der Waals surface area contributed by atoms with Crippen molar-refractivity contribution in [2.75, 3.05) is 26.7 Å². The molecule has 1 amide bonds. The molecule has 114 valence electrons. The van der Waals surface area contributed by atoms with Crippen molar-refractivity contribution in [3.05, 3.63) is 28.0 Å². The molecule has 1 fully saturated rings. The smallest absolute Gasteiger partial charge is 0.328 e. The summed E-state index contributed by atoms with van der Waals surface area (Å²) in [5.41, 5.74) is 0.640. The number of amides is 1. The monoisotopic (exact) mass is 308 g/mol. The van der Waals surface area contributed by atoms with Crippen molar-refractivity contribution in [2.45, 2.75) is 19.4 Å². The molecule has 0 bridgehead atoms. The van der Waals surface area contributed by atoms with Gasteiger partial charge < -0.3 is 14.9 Å². The minimum absolute atomic E-state index is 0.0315. The lowest BCUT2D eigenvalue weighted by Crippen LogP contribution is -2.41. The van der Waals surface area contributed by atoms with E-state index in [1.165, 1.54) is 17.4 Å². The molecule has 0 radical (unpaired) electrons. The largest absolute Gasteiger partial charge is 0.478 e. The average Bonchev–Trinajstić information content (AvgIpc) is 2.82. The molecular formula is C15H20N2O3S. The molecular weight excluding hydrogens is 288 g/mol. The van der Waals surface area contributed by atoms with Crippen molar-refractivity contribution >= 4 is 29.3 Å². The van der Waals surface area contributed by atoms with Crippen LogP contribution in [0.2, 0.25) is 0 Å². The van der Waals surface area contributed by atoms with E-state index in [9.17, 15) is 9.59 Å². The van der Waals surface area contributed by atoms with Crippen molar-refractivity contribution < 1.29 is 14.7 Å². The van der Waals surface area contributed by atoms with Gasteiger partial charge in [-0.2, -0.15) is 0 Å². The molecule has 5 nitrogen and oxygen atoms in total. The second-order valence-corrected chi connectivity index (χ2v) is 6.32. The fraction of sp³-hybridized carbons (Fsp3) is 0.467. The summed E-state index contributed by atoms with van der Waals surface area (Å²) in [6.45, 7) is 4.71. The molecule has 2 rings (SSSR count). The van der Waals surface area contributed by atoms with Crippen LogP contribution in [0.25, 0.3) is 6.08 Å². The van der Waals surface area contributed by atoms with Crippen LogP contribution in [0.5, 0.6) is 0 Å². The van der Waals surface area contributed by atoms with Crippen molar-refractivity contribution in [2.24, 2.45) is 0 Å². The number of hydrogen-bond acceptors (Lipinski definition) is 4. The van der Waals surface area contributed by atoms with Gasteiger partial charge in [0.25, 0.3) is 5.91 Å². The Morgan fingerprint density at radius 2 is 2.19 bits per heavy atom. The first-order valence-corrected chi connectivity index (χ1v) is 7.84. The van der Waals surface area contributed by atoms with E-state index in [-0.39, 0.29) is 11.9 Å². The van der Waals surface area contributed by atoms with Crippen LogP contribution in [0.3, 0.4) is 0 Å². The zero-order chi connectivity index (χ0) is 15.4. The third kappa shape index (κ3) is 4.15. The summed E-state index contributed by atoms with van der Waals surface area (Å²) in [6.07, 6.45) is 3.58. The summed E-state index contributed by atoms with van der Waals surface area (Å²) in [7, 11) is 2.07. The van der Waals surface area contributed by atoms with Crippen molar-refractivity contribution in [3.63, 3.8) is 0 Å². The third-order valence-corrected chi connectivity index (χ3v) is 4.46. The Kier molecular flexibility index (Phi) is 5.14. The van der Waals surface area contributed by atoms with Gasteiger partial charge in [0.15, 0.2) is 0 Å². The Labute approximate surface area is 128 Å². The third-order valence-electron chi connectivity index (χ3n) is 3.56. The molecule has 1 aromatic heterocycles. The molecule has 0 aliphatic carbocycles. The Balaban J connectivity index is 2.10. The molecule has 1 unspecified atom stereocenters. The van der Waals surface area contributed by atoms with Gasteiger partial charge in [-0.15, -0.1) is 11.3 Å². The van der Waals surface area contributed by atoms with E-state index in [1.54, 1.807) is 11.4 Å². The van der Waals surface area contributed by atoms with Crippen LogP contribution in [0.4, 0.5) is 0 Å². The highest BCUT2D eigenvalue weighted by molar-refractivity contribution is 7.11. The lowest BCUT2D eigenvalue weighted by atomic mass is 10.2. The lowest BCUT2D eigenvalue weighted by molar-refractivity contribution is -0.131. The average molecular weight is 308 g/mol. The molecule has 2 heterocycles. The van der Waals surface area contributed by atoms with E-state index in [4.69, 9.17) is 5.11 Å². The number of carboxylic acids is 1. The highest BCUT2D eigenvalue weighted by Gasteiger charge is 2.25. The van der Waals surface area contributed by atoms with Crippen LogP contribution in [-0.4, -0.2) is 59.5 Å². The second-order valence-electron chi connectivity index (χ2n) is 5.37. The maximum Gasteiger partial charge on any atom is 0.328 e. The maximum atomic E-state index is 12.6.